The highest BCUT2D eigenvalue weighted by molar-refractivity contribution is 7.09. The van der Waals surface area contributed by atoms with Gasteiger partial charge < -0.3 is 40.2 Å². The maximum atomic E-state index is 13.9. The first-order chi connectivity index (χ1) is 26.3. The van der Waals surface area contributed by atoms with Gasteiger partial charge >= 0.3 is 0 Å². The van der Waals surface area contributed by atoms with Gasteiger partial charge in [0.1, 0.15) is 29.3 Å². The second-order valence-electron chi connectivity index (χ2n) is 14.8. The molecule has 1 aliphatic heterocycles. The van der Waals surface area contributed by atoms with Crippen LogP contribution in [-0.4, -0.2) is 118 Å². The van der Waals surface area contributed by atoms with Crippen molar-refractivity contribution in [2.24, 2.45) is 5.92 Å². The minimum atomic E-state index is -1.08. The molecule has 4 aromatic rings. The van der Waals surface area contributed by atoms with Crippen LogP contribution in [0.2, 0.25) is 0 Å². The summed E-state index contributed by atoms with van der Waals surface area (Å²) in [5, 5.41) is 15.5. The van der Waals surface area contributed by atoms with Crippen molar-refractivity contribution in [3.63, 3.8) is 0 Å². The zero-order valence-electron chi connectivity index (χ0n) is 31.6. The number of H-pyrrole nitrogens is 1. The molecule has 55 heavy (non-hydrogen) atoms. The largest absolute Gasteiger partial charge is 0.361 e. The van der Waals surface area contributed by atoms with Crippen molar-refractivity contribution >= 4 is 57.7 Å². The van der Waals surface area contributed by atoms with E-state index in [0.29, 0.717) is 17.1 Å². The molecule has 0 spiro atoms. The molecule has 6 rings (SSSR count). The average Bonchev–Trinajstić information content (AvgIpc) is 3.49. The smallest absolute Gasteiger partial charge is 0.293 e. The molecular formula is C38H47N9O7S. The van der Waals surface area contributed by atoms with Crippen LogP contribution in [0.15, 0.2) is 46.4 Å². The first kappa shape index (κ1) is 39.1. The van der Waals surface area contributed by atoms with Gasteiger partial charge in [-0.25, -0.2) is 4.98 Å². The highest BCUT2D eigenvalue weighted by Crippen LogP contribution is 2.39. The van der Waals surface area contributed by atoms with Crippen LogP contribution in [0.5, 0.6) is 0 Å². The molecule has 1 saturated carbocycles. The minimum absolute atomic E-state index is 0.00851. The standard InChI is InChI=1S/C38H47N9O7S/c1-21(2)14-28-35-43-30(20-55-35)34(50)42-29(15-24-17-39-26-9-7-6-8-25(24)26)37(52)46(5)18-32(48)40-22(3)36(51)45(4)12-13-47(19-33(49)41-28)38(53)31-16-27(44-54-31)23-10-11-23/h6-9,16-17,20-23,28-29,39H,10-15,18-19H2,1-5H3,(H,40,48)(H,41,49)(H,42,50)/t22-,28-,29+/m0/s1. The summed E-state index contributed by atoms with van der Waals surface area (Å²) in [6, 6.07) is 6.55. The van der Waals surface area contributed by atoms with Crippen LogP contribution in [0.25, 0.3) is 10.9 Å². The molecule has 292 valence electrons. The van der Waals surface area contributed by atoms with Crippen LogP contribution in [-0.2, 0) is 25.6 Å². The van der Waals surface area contributed by atoms with Gasteiger partial charge in [-0.1, -0.05) is 37.2 Å². The molecule has 1 fully saturated rings. The number of carbonyl (C=O) groups excluding carboxylic acids is 6. The van der Waals surface area contributed by atoms with Crippen molar-refractivity contribution in [2.45, 2.75) is 70.5 Å². The van der Waals surface area contributed by atoms with E-state index < -0.39 is 53.6 Å². The summed E-state index contributed by atoms with van der Waals surface area (Å²) in [6.07, 6.45) is 4.32. The monoisotopic (exact) mass is 773 g/mol. The second-order valence-corrected chi connectivity index (χ2v) is 15.7. The van der Waals surface area contributed by atoms with E-state index in [1.165, 1.54) is 47.1 Å². The summed E-state index contributed by atoms with van der Waals surface area (Å²) in [5.74, 6) is -2.81. The van der Waals surface area contributed by atoms with Gasteiger partial charge in [-0.2, -0.15) is 0 Å². The quantitative estimate of drug-likeness (QED) is 0.227. The summed E-state index contributed by atoms with van der Waals surface area (Å²) < 4.78 is 5.39. The van der Waals surface area contributed by atoms with Gasteiger partial charge in [0.05, 0.1) is 18.3 Å². The predicted molar refractivity (Wildman–Crippen MR) is 203 cm³/mol. The molecule has 2 bridgehead atoms. The van der Waals surface area contributed by atoms with Crippen LogP contribution in [0.1, 0.15) is 89.3 Å². The molecule has 3 aromatic heterocycles. The van der Waals surface area contributed by atoms with E-state index in [2.05, 4.69) is 31.1 Å². The summed E-state index contributed by atoms with van der Waals surface area (Å²) >= 11 is 1.20. The number of aromatic amines is 1. The normalized spacial score (nSPS) is 21.4. The number of benzene rings is 1. The zero-order chi connectivity index (χ0) is 39.4. The van der Waals surface area contributed by atoms with Crippen molar-refractivity contribution in [3.8, 4) is 0 Å². The number of aromatic nitrogens is 3. The maximum absolute atomic E-state index is 13.9. The Bertz CT molecular complexity index is 2070. The Morgan fingerprint density at radius 3 is 2.44 bits per heavy atom. The Morgan fingerprint density at radius 1 is 0.945 bits per heavy atom. The molecule has 0 saturated heterocycles. The first-order valence-corrected chi connectivity index (χ1v) is 19.3. The molecule has 1 aliphatic carbocycles. The van der Waals surface area contributed by atoms with Gasteiger partial charge in [-0.05, 0) is 43.7 Å². The Hall–Kier alpha value is -5.58. The molecule has 2 aliphatic rings. The Morgan fingerprint density at radius 2 is 1.69 bits per heavy atom. The first-order valence-electron chi connectivity index (χ1n) is 18.4. The third kappa shape index (κ3) is 9.57. The van der Waals surface area contributed by atoms with Gasteiger partial charge in [-0.3, -0.25) is 28.8 Å². The van der Waals surface area contributed by atoms with E-state index in [1.807, 2.05) is 38.1 Å². The molecule has 6 amide bonds. The van der Waals surface area contributed by atoms with Crippen LogP contribution < -0.4 is 16.0 Å². The molecule has 3 atom stereocenters. The lowest BCUT2D eigenvalue weighted by Crippen LogP contribution is -2.53. The van der Waals surface area contributed by atoms with E-state index in [9.17, 15) is 28.8 Å². The van der Waals surface area contributed by atoms with Crippen molar-refractivity contribution in [1.29, 1.82) is 0 Å². The van der Waals surface area contributed by atoms with E-state index in [-0.39, 0.29) is 55.9 Å². The van der Waals surface area contributed by atoms with Gasteiger partial charge in [0.25, 0.3) is 11.8 Å². The van der Waals surface area contributed by atoms with Crippen molar-refractivity contribution < 1.29 is 33.3 Å². The van der Waals surface area contributed by atoms with Gasteiger partial charge in [-0.15, -0.1) is 11.3 Å². The molecule has 0 radical (unpaired) electrons. The zero-order valence-corrected chi connectivity index (χ0v) is 32.4. The number of thiazole rings is 1. The number of likely N-dealkylation sites (N-methyl/N-ethyl adjacent to an activating group) is 2. The lowest BCUT2D eigenvalue weighted by molar-refractivity contribution is -0.138. The summed E-state index contributed by atoms with van der Waals surface area (Å²) in [6.45, 7) is 4.78. The fraction of sp³-hybridized carbons (Fsp3) is 0.474. The molecular weight excluding hydrogens is 727 g/mol. The van der Waals surface area contributed by atoms with E-state index in [1.54, 1.807) is 17.6 Å². The molecule has 16 nitrogen and oxygen atoms in total. The Balaban J connectivity index is 1.29. The average molecular weight is 774 g/mol. The lowest BCUT2D eigenvalue weighted by Gasteiger charge is -2.28. The van der Waals surface area contributed by atoms with Gasteiger partial charge in [0, 0.05) is 68.1 Å². The molecule has 0 unspecified atom stereocenters. The lowest BCUT2D eigenvalue weighted by atomic mass is 10.0. The van der Waals surface area contributed by atoms with Crippen molar-refractivity contribution in [2.75, 3.05) is 40.3 Å². The number of nitrogens with one attached hydrogen (secondary N) is 4. The number of amides is 6. The van der Waals surface area contributed by atoms with Crippen molar-refractivity contribution in [3.05, 3.63) is 69.6 Å². The van der Waals surface area contributed by atoms with Gasteiger partial charge in [0.2, 0.25) is 29.4 Å². The van der Waals surface area contributed by atoms with Crippen molar-refractivity contribution in [1.82, 2.24) is 45.8 Å². The highest BCUT2D eigenvalue weighted by atomic mass is 32.1. The minimum Gasteiger partial charge on any atom is -0.361 e. The number of para-hydroxylation sites is 1. The Labute approximate surface area is 322 Å². The fourth-order valence-corrected chi connectivity index (χ4v) is 7.46. The van der Waals surface area contributed by atoms with Crippen LogP contribution in [0.3, 0.4) is 0 Å². The number of carbonyl (C=O) groups is 6. The number of fused-ring (bicyclic) bond motifs is 3. The van der Waals surface area contributed by atoms with Crippen LogP contribution >= 0.6 is 11.3 Å². The van der Waals surface area contributed by atoms with E-state index >= 15 is 0 Å². The Kier molecular flexibility index (Phi) is 12.0. The predicted octanol–water partition coefficient (Wildman–Crippen LogP) is 2.61. The molecule has 4 heterocycles. The summed E-state index contributed by atoms with van der Waals surface area (Å²) in [4.78, 5) is 93.4. The molecule has 4 N–H and O–H groups in total. The second kappa shape index (κ2) is 16.8. The number of nitrogens with zero attached hydrogens (tertiary/aromatic N) is 5. The van der Waals surface area contributed by atoms with E-state index in [4.69, 9.17) is 4.52 Å². The number of rotatable bonds is 6. The molecule has 17 heteroatoms. The SMILES string of the molecule is CC(C)C[C@@H]1NC(=O)CN(C(=O)c2cc(C3CC3)no2)CCN(C)C(=O)[C@H](C)NC(=O)CN(C)C(=O)[C@@H](Cc2c[nH]c3ccccc23)NC(=O)c2csc1n2. The third-order valence-corrected chi connectivity index (χ3v) is 10.7. The summed E-state index contributed by atoms with van der Waals surface area (Å²) in [7, 11) is 2.99. The summed E-state index contributed by atoms with van der Waals surface area (Å²) in [5.41, 5.74) is 2.41. The highest BCUT2D eigenvalue weighted by Gasteiger charge is 2.33. The van der Waals surface area contributed by atoms with Crippen LogP contribution in [0, 0.1) is 5.92 Å². The number of hydrogen-bond acceptors (Lipinski definition) is 10. The van der Waals surface area contributed by atoms with E-state index in [0.717, 1.165) is 29.3 Å². The fourth-order valence-electron chi connectivity index (χ4n) is 6.60. The number of hydrogen-bond donors (Lipinski definition) is 4. The molecule has 1 aromatic carbocycles. The third-order valence-electron chi connectivity index (χ3n) is 9.74. The van der Waals surface area contributed by atoms with Gasteiger partial charge in [0.15, 0.2) is 0 Å². The maximum Gasteiger partial charge on any atom is 0.293 e. The van der Waals surface area contributed by atoms with Crippen LogP contribution in [0.4, 0.5) is 0 Å². The topological polar surface area (TPSA) is 203 Å².